The second kappa shape index (κ2) is 8.39. The van der Waals surface area contributed by atoms with E-state index in [1.54, 1.807) is 18.3 Å². The number of hydrogen-bond donors (Lipinski definition) is 1. The maximum atomic E-state index is 12.8. The van der Waals surface area contributed by atoms with Gasteiger partial charge >= 0.3 is 0 Å². The fourth-order valence-corrected chi connectivity index (χ4v) is 3.36. The van der Waals surface area contributed by atoms with E-state index < -0.39 is 11.3 Å². The van der Waals surface area contributed by atoms with Crippen molar-refractivity contribution in [3.05, 3.63) is 41.7 Å². The first-order chi connectivity index (χ1) is 14.1. The van der Waals surface area contributed by atoms with Crippen LogP contribution in [0, 0.1) is 5.41 Å². The summed E-state index contributed by atoms with van der Waals surface area (Å²) >= 11 is 0. The molecular formula is C22H29N5O3. The Kier molecular flexibility index (Phi) is 6.07. The summed E-state index contributed by atoms with van der Waals surface area (Å²) < 4.78 is 6.04. The fraction of sp³-hybridized carbons (Fsp3) is 0.455. The van der Waals surface area contributed by atoms with E-state index in [0.29, 0.717) is 36.9 Å². The molecule has 1 aliphatic heterocycles. The highest BCUT2D eigenvalue weighted by Crippen LogP contribution is 2.32. The van der Waals surface area contributed by atoms with Gasteiger partial charge < -0.3 is 20.3 Å². The zero-order valence-electron chi connectivity index (χ0n) is 18.2. The van der Waals surface area contributed by atoms with Crippen molar-refractivity contribution in [2.24, 2.45) is 11.1 Å². The number of hydrogen-bond acceptors (Lipinski definition) is 6. The SMILES string of the molecule is CN(C)c1ncc(-c2ccc(C(N)=O)cc2)c(C2CN(C(=O)C(C)(C)C)CCO2)n1. The Hall–Kier alpha value is -3.00. The lowest BCUT2D eigenvalue weighted by Crippen LogP contribution is -2.47. The van der Waals surface area contributed by atoms with Crippen LogP contribution in [0.5, 0.6) is 0 Å². The number of rotatable bonds is 4. The molecule has 0 radical (unpaired) electrons. The van der Waals surface area contributed by atoms with Crippen molar-refractivity contribution >= 4 is 17.8 Å². The fourth-order valence-electron chi connectivity index (χ4n) is 3.36. The molecule has 8 heteroatoms. The summed E-state index contributed by atoms with van der Waals surface area (Å²) in [6, 6.07) is 6.99. The highest BCUT2D eigenvalue weighted by molar-refractivity contribution is 5.93. The number of morpholine rings is 1. The largest absolute Gasteiger partial charge is 0.368 e. The average Bonchev–Trinajstić information content (AvgIpc) is 2.72. The van der Waals surface area contributed by atoms with Crippen molar-refractivity contribution in [2.75, 3.05) is 38.7 Å². The molecule has 2 aromatic rings. The first-order valence-electron chi connectivity index (χ1n) is 9.93. The molecule has 8 nitrogen and oxygen atoms in total. The summed E-state index contributed by atoms with van der Waals surface area (Å²) in [5.41, 5.74) is 7.69. The maximum absolute atomic E-state index is 12.8. The van der Waals surface area contributed by atoms with Crippen LogP contribution in [-0.2, 0) is 9.53 Å². The smallest absolute Gasteiger partial charge is 0.248 e. The number of aromatic nitrogens is 2. The van der Waals surface area contributed by atoms with Crippen molar-refractivity contribution in [1.82, 2.24) is 14.9 Å². The Morgan fingerprint density at radius 1 is 1.20 bits per heavy atom. The van der Waals surface area contributed by atoms with Crippen LogP contribution in [0.1, 0.15) is 42.9 Å². The first kappa shape index (κ1) is 21.7. The minimum absolute atomic E-state index is 0.0880. The monoisotopic (exact) mass is 411 g/mol. The first-order valence-corrected chi connectivity index (χ1v) is 9.93. The minimum Gasteiger partial charge on any atom is -0.368 e. The van der Waals surface area contributed by atoms with Gasteiger partial charge in [-0.25, -0.2) is 9.97 Å². The van der Waals surface area contributed by atoms with Crippen LogP contribution in [0.25, 0.3) is 11.1 Å². The third kappa shape index (κ3) is 4.59. The number of amides is 2. The molecule has 1 unspecified atom stereocenters. The highest BCUT2D eigenvalue weighted by Gasteiger charge is 2.33. The van der Waals surface area contributed by atoms with Gasteiger partial charge in [0, 0.05) is 43.4 Å². The summed E-state index contributed by atoms with van der Waals surface area (Å²) in [7, 11) is 3.75. The molecule has 0 saturated carbocycles. The van der Waals surface area contributed by atoms with E-state index in [0.717, 1.165) is 11.1 Å². The van der Waals surface area contributed by atoms with Crippen molar-refractivity contribution < 1.29 is 14.3 Å². The van der Waals surface area contributed by atoms with Gasteiger partial charge in [0.2, 0.25) is 17.8 Å². The van der Waals surface area contributed by atoms with Gasteiger partial charge in [-0.05, 0) is 17.7 Å². The van der Waals surface area contributed by atoms with Crippen LogP contribution in [0.15, 0.2) is 30.5 Å². The van der Waals surface area contributed by atoms with Gasteiger partial charge in [-0.1, -0.05) is 32.9 Å². The lowest BCUT2D eigenvalue weighted by molar-refractivity contribution is -0.147. The van der Waals surface area contributed by atoms with E-state index in [1.165, 1.54) is 0 Å². The lowest BCUT2D eigenvalue weighted by atomic mass is 9.94. The normalized spacial score (nSPS) is 17.0. The summed E-state index contributed by atoms with van der Waals surface area (Å²) in [4.78, 5) is 37.1. The number of nitrogens with zero attached hydrogens (tertiary/aromatic N) is 4. The van der Waals surface area contributed by atoms with E-state index in [4.69, 9.17) is 15.5 Å². The van der Waals surface area contributed by atoms with Gasteiger partial charge in [0.1, 0.15) is 6.10 Å². The molecule has 2 N–H and O–H groups in total. The Balaban J connectivity index is 2.00. The highest BCUT2D eigenvalue weighted by atomic mass is 16.5. The Morgan fingerprint density at radius 3 is 2.43 bits per heavy atom. The van der Waals surface area contributed by atoms with Crippen LogP contribution in [0.4, 0.5) is 5.95 Å². The second-order valence-corrected chi connectivity index (χ2v) is 8.67. The van der Waals surface area contributed by atoms with Gasteiger partial charge in [0.15, 0.2) is 0 Å². The molecule has 1 saturated heterocycles. The van der Waals surface area contributed by atoms with Crippen molar-refractivity contribution in [3.63, 3.8) is 0 Å². The number of nitrogens with two attached hydrogens (primary N) is 1. The number of anilines is 1. The Labute approximate surface area is 177 Å². The molecule has 3 rings (SSSR count). The molecule has 1 aromatic heterocycles. The molecule has 1 aliphatic rings. The van der Waals surface area contributed by atoms with Gasteiger partial charge in [-0.3, -0.25) is 9.59 Å². The lowest BCUT2D eigenvalue weighted by Gasteiger charge is -2.36. The maximum Gasteiger partial charge on any atom is 0.248 e. The predicted molar refractivity (Wildman–Crippen MR) is 115 cm³/mol. The molecule has 0 bridgehead atoms. The summed E-state index contributed by atoms with van der Waals surface area (Å²) in [5.74, 6) is 0.170. The predicted octanol–water partition coefficient (Wildman–Crippen LogP) is 2.25. The number of primary amides is 1. The molecule has 0 aliphatic carbocycles. The van der Waals surface area contributed by atoms with Crippen LogP contribution in [0.3, 0.4) is 0 Å². The van der Waals surface area contributed by atoms with Gasteiger partial charge in [0.25, 0.3) is 0 Å². The van der Waals surface area contributed by atoms with E-state index >= 15 is 0 Å². The summed E-state index contributed by atoms with van der Waals surface area (Å²) in [6.07, 6.45) is 1.38. The van der Waals surface area contributed by atoms with Crippen molar-refractivity contribution in [3.8, 4) is 11.1 Å². The number of carbonyl (C=O) groups excluding carboxylic acids is 2. The van der Waals surface area contributed by atoms with Gasteiger partial charge in [-0.2, -0.15) is 0 Å². The Bertz CT molecular complexity index is 935. The molecule has 1 fully saturated rings. The topological polar surface area (TPSA) is 102 Å². The number of ether oxygens (including phenoxy) is 1. The average molecular weight is 412 g/mol. The molecule has 2 amide bonds. The molecule has 0 spiro atoms. The van der Waals surface area contributed by atoms with Gasteiger partial charge in [0.05, 0.1) is 18.8 Å². The molecule has 1 aromatic carbocycles. The molecule has 1 atom stereocenters. The summed E-state index contributed by atoms with van der Waals surface area (Å²) in [6.45, 7) is 7.17. The van der Waals surface area contributed by atoms with Gasteiger partial charge in [-0.15, -0.1) is 0 Å². The minimum atomic E-state index is -0.479. The summed E-state index contributed by atoms with van der Waals surface area (Å²) in [5, 5.41) is 0. The third-order valence-corrected chi connectivity index (χ3v) is 4.99. The van der Waals surface area contributed by atoms with E-state index in [1.807, 2.05) is 56.8 Å². The van der Waals surface area contributed by atoms with E-state index in [9.17, 15) is 9.59 Å². The van der Waals surface area contributed by atoms with Crippen LogP contribution in [0.2, 0.25) is 0 Å². The van der Waals surface area contributed by atoms with E-state index in [-0.39, 0.29) is 12.0 Å². The van der Waals surface area contributed by atoms with Crippen LogP contribution < -0.4 is 10.6 Å². The number of carbonyl (C=O) groups is 2. The van der Waals surface area contributed by atoms with E-state index in [2.05, 4.69) is 4.98 Å². The molecular weight excluding hydrogens is 382 g/mol. The van der Waals surface area contributed by atoms with Crippen molar-refractivity contribution in [2.45, 2.75) is 26.9 Å². The zero-order chi connectivity index (χ0) is 22.1. The zero-order valence-corrected chi connectivity index (χ0v) is 18.2. The second-order valence-electron chi connectivity index (χ2n) is 8.67. The standard InChI is InChI=1S/C22H29N5O3/c1-22(2,3)20(29)27-10-11-30-17(13-27)18-16(12-24-21(25-18)26(4)5)14-6-8-15(9-7-14)19(23)28/h6-9,12,17H,10-11,13H2,1-5H3,(H2,23,28). The Morgan fingerprint density at radius 2 is 1.87 bits per heavy atom. The third-order valence-electron chi connectivity index (χ3n) is 4.99. The quantitative estimate of drug-likeness (QED) is 0.828. The van der Waals surface area contributed by atoms with Crippen LogP contribution in [-0.4, -0.2) is 60.5 Å². The molecule has 2 heterocycles. The number of benzene rings is 1. The molecule has 30 heavy (non-hydrogen) atoms. The van der Waals surface area contributed by atoms with Crippen LogP contribution >= 0.6 is 0 Å². The molecule has 160 valence electrons. The van der Waals surface area contributed by atoms with Crippen molar-refractivity contribution in [1.29, 1.82) is 0 Å².